The number of aryl methyl sites for hydroxylation is 2. The number of benzene rings is 2. The second-order valence-electron chi connectivity index (χ2n) is 5.73. The summed E-state index contributed by atoms with van der Waals surface area (Å²) in [5.41, 5.74) is 4.07. The average molecular weight is 351 g/mol. The van der Waals surface area contributed by atoms with Crippen molar-refractivity contribution in [3.8, 4) is 0 Å². The van der Waals surface area contributed by atoms with Gasteiger partial charge in [-0.15, -0.1) is 0 Å². The maximum atomic E-state index is 12.1. The molecule has 2 aromatic carbocycles. The Morgan fingerprint density at radius 3 is 2.57 bits per heavy atom. The summed E-state index contributed by atoms with van der Waals surface area (Å²) >= 11 is 12.2. The molecule has 0 radical (unpaired) electrons. The van der Waals surface area contributed by atoms with Gasteiger partial charge in [0.2, 0.25) is 5.91 Å². The van der Waals surface area contributed by atoms with E-state index < -0.39 is 0 Å². The minimum atomic E-state index is -0.0612. The first kappa shape index (κ1) is 17.8. The standard InChI is InChI=1S/C18H20Cl2N2O/c1-12-7-8-15(9-13(12)2)21-17(23)11-22(3)10-14-5-4-6-16(19)18(14)20/h4-9H,10-11H2,1-3H3,(H,21,23). The van der Waals surface area contributed by atoms with Crippen LogP contribution in [0.5, 0.6) is 0 Å². The number of hydrogen-bond acceptors (Lipinski definition) is 2. The van der Waals surface area contributed by atoms with E-state index in [1.54, 1.807) is 6.07 Å². The van der Waals surface area contributed by atoms with Crippen LogP contribution in [0, 0.1) is 13.8 Å². The number of amides is 1. The van der Waals surface area contributed by atoms with Gasteiger partial charge in [0, 0.05) is 12.2 Å². The Labute approximate surface area is 147 Å². The Morgan fingerprint density at radius 2 is 1.87 bits per heavy atom. The minimum Gasteiger partial charge on any atom is -0.325 e. The fraction of sp³-hybridized carbons (Fsp3) is 0.278. The molecule has 0 heterocycles. The van der Waals surface area contributed by atoms with E-state index in [0.29, 0.717) is 16.6 Å². The fourth-order valence-electron chi connectivity index (χ4n) is 2.28. The molecule has 0 saturated carbocycles. The van der Waals surface area contributed by atoms with E-state index in [1.165, 1.54) is 5.56 Å². The summed E-state index contributed by atoms with van der Waals surface area (Å²) in [6, 6.07) is 11.4. The molecule has 0 aliphatic heterocycles. The largest absolute Gasteiger partial charge is 0.325 e. The summed E-state index contributed by atoms with van der Waals surface area (Å²) in [4.78, 5) is 14.0. The molecule has 23 heavy (non-hydrogen) atoms. The Hall–Kier alpha value is -1.55. The molecule has 0 aliphatic carbocycles. The highest BCUT2D eigenvalue weighted by Gasteiger charge is 2.11. The first-order valence-corrected chi connectivity index (χ1v) is 8.11. The van der Waals surface area contributed by atoms with Crippen molar-refractivity contribution in [2.75, 3.05) is 18.9 Å². The van der Waals surface area contributed by atoms with Gasteiger partial charge in [-0.1, -0.05) is 41.4 Å². The van der Waals surface area contributed by atoms with Crippen molar-refractivity contribution in [2.45, 2.75) is 20.4 Å². The van der Waals surface area contributed by atoms with Crippen LogP contribution in [-0.4, -0.2) is 24.4 Å². The molecular formula is C18H20Cl2N2O. The lowest BCUT2D eigenvalue weighted by atomic mass is 10.1. The maximum absolute atomic E-state index is 12.1. The van der Waals surface area contributed by atoms with Crippen LogP contribution in [0.3, 0.4) is 0 Å². The number of hydrogen-bond donors (Lipinski definition) is 1. The summed E-state index contributed by atoms with van der Waals surface area (Å²) in [5.74, 6) is -0.0612. The summed E-state index contributed by atoms with van der Waals surface area (Å²) in [5, 5.41) is 3.98. The second kappa shape index (κ2) is 7.82. The molecule has 0 saturated heterocycles. The SMILES string of the molecule is Cc1ccc(NC(=O)CN(C)Cc2cccc(Cl)c2Cl)cc1C. The predicted molar refractivity (Wildman–Crippen MR) is 97.3 cm³/mol. The highest BCUT2D eigenvalue weighted by Crippen LogP contribution is 2.26. The minimum absolute atomic E-state index is 0.0612. The number of nitrogens with zero attached hydrogens (tertiary/aromatic N) is 1. The topological polar surface area (TPSA) is 32.3 Å². The Balaban J connectivity index is 1.94. The number of carbonyl (C=O) groups is 1. The molecule has 0 unspecified atom stereocenters. The number of halogens is 2. The molecule has 0 atom stereocenters. The normalized spacial score (nSPS) is 10.9. The van der Waals surface area contributed by atoms with Crippen LogP contribution in [0.1, 0.15) is 16.7 Å². The van der Waals surface area contributed by atoms with Crippen LogP contribution in [-0.2, 0) is 11.3 Å². The van der Waals surface area contributed by atoms with E-state index in [4.69, 9.17) is 23.2 Å². The highest BCUT2D eigenvalue weighted by atomic mass is 35.5. The van der Waals surface area contributed by atoms with E-state index in [9.17, 15) is 4.79 Å². The smallest absolute Gasteiger partial charge is 0.238 e. The van der Waals surface area contributed by atoms with E-state index in [0.717, 1.165) is 16.8 Å². The van der Waals surface area contributed by atoms with Crippen LogP contribution in [0.4, 0.5) is 5.69 Å². The first-order valence-electron chi connectivity index (χ1n) is 7.35. The number of carbonyl (C=O) groups excluding carboxylic acids is 1. The molecule has 5 heteroatoms. The number of rotatable bonds is 5. The quantitative estimate of drug-likeness (QED) is 0.848. The monoisotopic (exact) mass is 350 g/mol. The van der Waals surface area contributed by atoms with Crippen LogP contribution in [0.2, 0.25) is 10.0 Å². The molecule has 0 aromatic heterocycles. The summed E-state index contributed by atoms with van der Waals surface area (Å²) < 4.78 is 0. The van der Waals surface area contributed by atoms with Crippen LogP contribution in [0.15, 0.2) is 36.4 Å². The van der Waals surface area contributed by atoms with E-state index in [-0.39, 0.29) is 12.5 Å². The zero-order valence-electron chi connectivity index (χ0n) is 13.5. The van der Waals surface area contributed by atoms with Crippen molar-refractivity contribution in [1.29, 1.82) is 0 Å². The molecule has 0 bridgehead atoms. The molecule has 122 valence electrons. The molecule has 1 amide bonds. The second-order valence-corrected chi connectivity index (χ2v) is 6.52. The van der Waals surface area contributed by atoms with Gasteiger partial charge in [0.15, 0.2) is 0 Å². The van der Waals surface area contributed by atoms with Crippen molar-refractivity contribution in [3.05, 3.63) is 63.1 Å². The van der Waals surface area contributed by atoms with Gasteiger partial charge in [-0.05, 0) is 55.8 Å². The van der Waals surface area contributed by atoms with E-state index >= 15 is 0 Å². The van der Waals surface area contributed by atoms with Gasteiger partial charge in [0.25, 0.3) is 0 Å². The third-order valence-corrected chi connectivity index (χ3v) is 4.53. The number of nitrogens with one attached hydrogen (secondary N) is 1. The van der Waals surface area contributed by atoms with Crippen LogP contribution < -0.4 is 5.32 Å². The van der Waals surface area contributed by atoms with Gasteiger partial charge in [-0.3, -0.25) is 9.69 Å². The Morgan fingerprint density at radius 1 is 1.13 bits per heavy atom. The maximum Gasteiger partial charge on any atom is 0.238 e. The first-order chi connectivity index (χ1) is 10.9. The van der Waals surface area contributed by atoms with E-state index in [1.807, 2.05) is 56.1 Å². The molecule has 3 nitrogen and oxygen atoms in total. The summed E-state index contributed by atoms with van der Waals surface area (Å²) in [6.07, 6.45) is 0. The average Bonchev–Trinajstić information content (AvgIpc) is 2.47. The van der Waals surface area contributed by atoms with Crippen molar-refractivity contribution < 1.29 is 4.79 Å². The van der Waals surface area contributed by atoms with Crippen molar-refractivity contribution >= 4 is 34.8 Å². The van der Waals surface area contributed by atoms with Crippen LogP contribution >= 0.6 is 23.2 Å². The van der Waals surface area contributed by atoms with Gasteiger partial charge in [-0.25, -0.2) is 0 Å². The molecule has 2 rings (SSSR count). The lowest BCUT2D eigenvalue weighted by Crippen LogP contribution is -2.30. The lowest BCUT2D eigenvalue weighted by Gasteiger charge is -2.17. The van der Waals surface area contributed by atoms with Crippen molar-refractivity contribution in [2.24, 2.45) is 0 Å². The number of anilines is 1. The van der Waals surface area contributed by atoms with Crippen LogP contribution in [0.25, 0.3) is 0 Å². The highest BCUT2D eigenvalue weighted by molar-refractivity contribution is 6.42. The molecule has 0 aliphatic rings. The van der Waals surface area contributed by atoms with Gasteiger partial charge in [0.05, 0.1) is 16.6 Å². The summed E-state index contributed by atoms with van der Waals surface area (Å²) in [7, 11) is 1.87. The van der Waals surface area contributed by atoms with E-state index in [2.05, 4.69) is 5.32 Å². The van der Waals surface area contributed by atoms with Gasteiger partial charge >= 0.3 is 0 Å². The van der Waals surface area contributed by atoms with Gasteiger partial charge in [0.1, 0.15) is 0 Å². The van der Waals surface area contributed by atoms with Gasteiger partial charge < -0.3 is 5.32 Å². The molecular weight excluding hydrogens is 331 g/mol. The van der Waals surface area contributed by atoms with Crippen molar-refractivity contribution in [1.82, 2.24) is 4.90 Å². The zero-order chi connectivity index (χ0) is 17.0. The zero-order valence-corrected chi connectivity index (χ0v) is 15.0. The molecule has 2 aromatic rings. The third kappa shape index (κ3) is 4.96. The molecule has 0 fully saturated rings. The molecule has 0 spiro atoms. The summed E-state index contributed by atoms with van der Waals surface area (Å²) in [6.45, 7) is 4.90. The Kier molecular flexibility index (Phi) is 6.05. The van der Waals surface area contributed by atoms with Gasteiger partial charge in [-0.2, -0.15) is 0 Å². The number of likely N-dealkylation sites (N-methyl/N-ethyl adjacent to an activating group) is 1. The predicted octanol–water partition coefficient (Wildman–Crippen LogP) is 4.68. The Bertz CT molecular complexity index is 716. The fourth-order valence-corrected chi connectivity index (χ4v) is 2.66. The molecule has 1 N–H and O–H groups in total. The third-order valence-electron chi connectivity index (χ3n) is 3.68. The van der Waals surface area contributed by atoms with Crippen molar-refractivity contribution in [3.63, 3.8) is 0 Å². The lowest BCUT2D eigenvalue weighted by molar-refractivity contribution is -0.117.